The highest BCUT2D eigenvalue weighted by Crippen LogP contribution is 2.26. The molecule has 0 aliphatic carbocycles. The number of aromatic nitrogens is 5. The van der Waals surface area contributed by atoms with E-state index in [-0.39, 0.29) is 5.56 Å². The predicted molar refractivity (Wildman–Crippen MR) is 106 cm³/mol. The van der Waals surface area contributed by atoms with Crippen molar-refractivity contribution in [2.45, 2.75) is 31.3 Å². The summed E-state index contributed by atoms with van der Waals surface area (Å²) in [6.45, 7) is 4.91. The second-order valence-corrected chi connectivity index (χ2v) is 7.71. The molecule has 3 heterocycles. The van der Waals surface area contributed by atoms with Crippen LogP contribution in [0.3, 0.4) is 0 Å². The molecule has 3 aromatic heterocycles. The summed E-state index contributed by atoms with van der Waals surface area (Å²) in [5, 5.41) is 11.4. The molecule has 1 N–H and O–H groups in total. The van der Waals surface area contributed by atoms with Crippen molar-refractivity contribution in [1.82, 2.24) is 24.7 Å². The van der Waals surface area contributed by atoms with E-state index in [1.807, 2.05) is 23.6 Å². The van der Waals surface area contributed by atoms with Crippen molar-refractivity contribution in [3.05, 3.63) is 57.5 Å². The lowest BCUT2D eigenvalue weighted by atomic mass is 10.1. The van der Waals surface area contributed by atoms with Crippen molar-refractivity contribution >= 4 is 33.3 Å². The number of aromatic amines is 1. The van der Waals surface area contributed by atoms with Gasteiger partial charge in [-0.05, 0) is 31.4 Å². The lowest BCUT2D eigenvalue weighted by molar-refractivity contribution is 0.687. The number of nitrogens with zero attached hydrogens (tertiary/aromatic N) is 4. The maximum absolute atomic E-state index is 12.1. The molecule has 0 atom stereocenters. The smallest absolute Gasteiger partial charge is 0.268 e. The standard InChI is InChI=1S/C18H17N5OS2/c1-3-23-16(12-6-4-5-11(2)9-12)21-22-18(23)26-10-14-19-13-7-8-25-15(13)17(24)20-14/h4-9H,3,10H2,1-2H3,(H,19,20,24). The summed E-state index contributed by atoms with van der Waals surface area (Å²) < 4.78 is 2.75. The van der Waals surface area contributed by atoms with Gasteiger partial charge in [0.05, 0.1) is 11.3 Å². The molecule has 0 radical (unpaired) electrons. The third kappa shape index (κ3) is 3.17. The Balaban J connectivity index is 1.61. The lowest BCUT2D eigenvalue weighted by Gasteiger charge is -2.07. The van der Waals surface area contributed by atoms with Gasteiger partial charge in [-0.3, -0.25) is 4.79 Å². The minimum absolute atomic E-state index is 0.0852. The van der Waals surface area contributed by atoms with Crippen molar-refractivity contribution in [2.75, 3.05) is 0 Å². The molecule has 0 saturated heterocycles. The molecule has 0 saturated carbocycles. The number of fused-ring (bicyclic) bond motifs is 1. The molecule has 132 valence electrons. The van der Waals surface area contributed by atoms with Crippen LogP contribution in [0.1, 0.15) is 18.3 Å². The van der Waals surface area contributed by atoms with Gasteiger partial charge in [0.25, 0.3) is 5.56 Å². The Morgan fingerprint density at radius 3 is 2.96 bits per heavy atom. The minimum Gasteiger partial charge on any atom is -0.309 e. The van der Waals surface area contributed by atoms with E-state index in [1.54, 1.807) is 0 Å². The van der Waals surface area contributed by atoms with Gasteiger partial charge in [0, 0.05) is 12.1 Å². The Bertz CT molecular complexity index is 1130. The quantitative estimate of drug-likeness (QED) is 0.530. The third-order valence-electron chi connectivity index (χ3n) is 4.01. The van der Waals surface area contributed by atoms with Crippen LogP contribution in [-0.2, 0) is 12.3 Å². The summed E-state index contributed by atoms with van der Waals surface area (Å²) in [6.07, 6.45) is 0. The first-order valence-corrected chi connectivity index (χ1v) is 10.1. The molecule has 0 spiro atoms. The van der Waals surface area contributed by atoms with Gasteiger partial charge >= 0.3 is 0 Å². The highest BCUT2D eigenvalue weighted by atomic mass is 32.2. The molecule has 8 heteroatoms. The average Bonchev–Trinajstić information content (AvgIpc) is 3.26. The highest BCUT2D eigenvalue weighted by Gasteiger charge is 2.14. The van der Waals surface area contributed by atoms with Crippen LogP contribution >= 0.6 is 23.1 Å². The van der Waals surface area contributed by atoms with Crippen LogP contribution < -0.4 is 5.56 Å². The zero-order valence-electron chi connectivity index (χ0n) is 14.4. The predicted octanol–water partition coefficient (Wildman–Crippen LogP) is 3.86. The average molecular weight is 384 g/mol. The number of hydrogen-bond acceptors (Lipinski definition) is 6. The topological polar surface area (TPSA) is 76.5 Å². The van der Waals surface area contributed by atoms with Crippen LogP contribution in [0.15, 0.2) is 45.7 Å². The van der Waals surface area contributed by atoms with Gasteiger partial charge in [0.1, 0.15) is 10.5 Å². The fraction of sp³-hybridized carbons (Fsp3) is 0.222. The molecule has 0 aliphatic heterocycles. The molecule has 0 aliphatic rings. The fourth-order valence-corrected chi connectivity index (χ4v) is 4.40. The van der Waals surface area contributed by atoms with Gasteiger partial charge < -0.3 is 9.55 Å². The molecule has 26 heavy (non-hydrogen) atoms. The minimum atomic E-state index is -0.0852. The van der Waals surface area contributed by atoms with Crippen LogP contribution in [0, 0.1) is 6.92 Å². The number of aryl methyl sites for hydroxylation is 1. The van der Waals surface area contributed by atoms with E-state index in [0.717, 1.165) is 28.6 Å². The number of thiophene rings is 1. The first-order chi connectivity index (χ1) is 12.7. The van der Waals surface area contributed by atoms with E-state index >= 15 is 0 Å². The molecular formula is C18H17N5OS2. The zero-order valence-corrected chi connectivity index (χ0v) is 16.0. The summed E-state index contributed by atoms with van der Waals surface area (Å²) in [5.74, 6) is 2.04. The van der Waals surface area contributed by atoms with E-state index in [9.17, 15) is 4.79 Å². The van der Waals surface area contributed by atoms with Crippen molar-refractivity contribution in [2.24, 2.45) is 0 Å². The molecule has 1 aromatic carbocycles. The maximum atomic E-state index is 12.1. The summed E-state index contributed by atoms with van der Waals surface area (Å²) in [7, 11) is 0. The Morgan fingerprint density at radius 2 is 2.15 bits per heavy atom. The van der Waals surface area contributed by atoms with Crippen LogP contribution in [0.2, 0.25) is 0 Å². The van der Waals surface area contributed by atoms with E-state index in [2.05, 4.69) is 50.7 Å². The van der Waals surface area contributed by atoms with Gasteiger partial charge in [-0.15, -0.1) is 21.5 Å². The maximum Gasteiger partial charge on any atom is 0.268 e. The van der Waals surface area contributed by atoms with Crippen LogP contribution in [0.4, 0.5) is 0 Å². The lowest BCUT2D eigenvalue weighted by Crippen LogP contribution is -2.09. The van der Waals surface area contributed by atoms with E-state index in [1.165, 1.54) is 28.7 Å². The van der Waals surface area contributed by atoms with E-state index in [4.69, 9.17) is 0 Å². The number of rotatable bonds is 5. The summed E-state index contributed by atoms with van der Waals surface area (Å²) in [5.41, 5.74) is 2.90. The largest absolute Gasteiger partial charge is 0.309 e. The normalized spacial score (nSPS) is 11.3. The van der Waals surface area contributed by atoms with Gasteiger partial charge in [-0.1, -0.05) is 35.5 Å². The van der Waals surface area contributed by atoms with Crippen molar-refractivity contribution in [1.29, 1.82) is 0 Å². The number of thioether (sulfide) groups is 1. The van der Waals surface area contributed by atoms with E-state index in [0.29, 0.717) is 16.3 Å². The third-order valence-corrected chi connectivity index (χ3v) is 5.89. The van der Waals surface area contributed by atoms with Crippen molar-refractivity contribution in [3.8, 4) is 11.4 Å². The SMILES string of the molecule is CCn1c(SCc2nc3ccsc3c(=O)[nH]2)nnc1-c1cccc(C)c1. The fourth-order valence-electron chi connectivity index (χ4n) is 2.80. The molecular weight excluding hydrogens is 366 g/mol. The number of benzene rings is 1. The number of nitrogens with one attached hydrogen (secondary N) is 1. The van der Waals surface area contributed by atoms with E-state index < -0.39 is 0 Å². The summed E-state index contributed by atoms with van der Waals surface area (Å²) in [4.78, 5) is 19.5. The van der Waals surface area contributed by atoms with Gasteiger partial charge in [0.2, 0.25) is 0 Å². The second kappa shape index (κ2) is 7.05. The van der Waals surface area contributed by atoms with Crippen molar-refractivity contribution < 1.29 is 0 Å². The van der Waals surface area contributed by atoms with Crippen molar-refractivity contribution in [3.63, 3.8) is 0 Å². The highest BCUT2D eigenvalue weighted by molar-refractivity contribution is 7.98. The van der Waals surface area contributed by atoms with Gasteiger partial charge in [-0.25, -0.2) is 4.98 Å². The monoisotopic (exact) mass is 383 g/mol. The number of H-pyrrole nitrogens is 1. The Hall–Kier alpha value is -2.45. The second-order valence-electron chi connectivity index (χ2n) is 5.86. The zero-order chi connectivity index (χ0) is 18.1. The van der Waals surface area contributed by atoms with Crippen LogP contribution in [0.25, 0.3) is 21.6 Å². The summed E-state index contributed by atoms with van der Waals surface area (Å²) >= 11 is 2.93. The molecule has 0 unspecified atom stereocenters. The van der Waals surface area contributed by atoms with Crippen LogP contribution in [0.5, 0.6) is 0 Å². The molecule has 6 nitrogen and oxygen atoms in total. The first kappa shape index (κ1) is 17.0. The molecule has 4 aromatic rings. The number of hydrogen-bond donors (Lipinski definition) is 1. The first-order valence-electron chi connectivity index (χ1n) is 8.25. The van der Waals surface area contributed by atoms with Gasteiger partial charge in [0.15, 0.2) is 11.0 Å². The Labute approximate surface area is 158 Å². The Kier molecular flexibility index (Phi) is 4.60. The molecule has 4 rings (SSSR count). The molecule has 0 fully saturated rings. The molecule has 0 amide bonds. The van der Waals surface area contributed by atoms with Gasteiger partial charge in [-0.2, -0.15) is 0 Å². The Morgan fingerprint density at radius 1 is 1.27 bits per heavy atom. The van der Waals surface area contributed by atoms with Crippen LogP contribution in [-0.4, -0.2) is 24.7 Å². The molecule has 0 bridgehead atoms. The summed E-state index contributed by atoms with van der Waals surface area (Å²) in [6, 6.07) is 10.1.